The summed E-state index contributed by atoms with van der Waals surface area (Å²) in [5, 5.41) is 3.26. The van der Waals surface area contributed by atoms with Crippen molar-refractivity contribution in [3.8, 4) is 0 Å². The highest BCUT2D eigenvalue weighted by Gasteiger charge is 2.35. The largest absolute Gasteiger partial charge is 0.338 e. The second-order valence-corrected chi connectivity index (χ2v) is 5.63. The zero-order valence-corrected chi connectivity index (χ0v) is 11.3. The van der Waals surface area contributed by atoms with Crippen molar-refractivity contribution in [3.05, 3.63) is 0 Å². The molecule has 1 aliphatic heterocycles. The van der Waals surface area contributed by atoms with E-state index in [9.17, 15) is 4.79 Å². The van der Waals surface area contributed by atoms with Gasteiger partial charge in [0, 0.05) is 12.6 Å². The van der Waals surface area contributed by atoms with Crippen LogP contribution in [0, 0.1) is 5.92 Å². The average Bonchev–Trinajstić information content (AvgIpc) is 2.16. The van der Waals surface area contributed by atoms with E-state index in [0.717, 1.165) is 31.8 Å². The molecule has 1 aliphatic rings. The van der Waals surface area contributed by atoms with Crippen molar-refractivity contribution in [1.82, 2.24) is 10.2 Å². The van der Waals surface area contributed by atoms with E-state index in [-0.39, 0.29) is 5.91 Å². The number of piperidine rings is 1. The van der Waals surface area contributed by atoms with Crippen LogP contribution in [-0.4, -0.2) is 35.5 Å². The van der Waals surface area contributed by atoms with Crippen LogP contribution in [0.25, 0.3) is 0 Å². The van der Waals surface area contributed by atoms with E-state index in [1.807, 2.05) is 25.7 Å². The van der Waals surface area contributed by atoms with E-state index in [4.69, 9.17) is 0 Å². The molecule has 1 saturated heterocycles. The standard InChI is InChI=1S/C13H26N2O/c1-6-14-13(4,5)12(16)15-8-7-10(2)9-11(15)3/h10-11,14H,6-9H2,1-5H3. The molecule has 1 amide bonds. The Bertz CT molecular complexity index is 250. The Hall–Kier alpha value is -0.570. The minimum absolute atomic E-state index is 0.244. The highest BCUT2D eigenvalue weighted by atomic mass is 16.2. The Labute approximate surface area is 99.6 Å². The Balaban J connectivity index is 2.66. The number of hydrogen-bond donors (Lipinski definition) is 1. The van der Waals surface area contributed by atoms with Crippen molar-refractivity contribution < 1.29 is 4.79 Å². The molecule has 0 aliphatic carbocycles. The highest BCUT2D eigenvalue weighted by Crippen LogP contribution is 2.24. The van der Waals surface area contributed by atoms with Crippen LogP contribution in [0.5, 0.6) is 0 Å². The molecule has 0 aromatic carbocycles. The lowest BCUT2D eigenvalue weighted by Crippen LogP contribution is -2.57. The molecule has 3 nitrogen and oxygen atoms in total. The van der Waals surface area contributed by atoms with Crippen molar-refractivity contribution in [2.24, 2.45) is 5.92 Å². The molecule has 0 radical (unpaired) electrons. The normalized spacial score (nSPS) is 26.9. The number of hydrogen-bond acceptors (Lipinski definition) is 2. The molecule has 16 heavy (non-hydrogen) atoms. The fourth-order valence-electron chi connectivity index (χ4n) is 2.59. The molecule has 1 rings (SSSR count). The monoisotopic (exact) mass is 226 g/mol. The topological polar surface area (TPSA) is 32.3 Å². The summed E-state index contributed by atoms with van der Waals surface area (Å²) in [4.78, 5) is 14.4. The Kier molecular flexibility index (Phi) is 4.36. The number of carbonyl (C=O) groups excluding carboxylic acids is 1. The van der Waals surface area contributed by atoms with Crippen molar-refractivity contribution in [2.75, 3.05) is 13.1 Å². The number of amides is 1. The van der Waals surface area contributed by atoms with Crippen molar-refractivity contribution in [3.63, 3.8) is 0 Å². The van der Waals surface area contributed by atoms with Gasteiger partial charge in [-0.2, -0.15) is 0 Å². The van der Waals surface area contributed by atoms with Gasteiger partial charge in [-0.05, 0) is 46.1 Å². The summed E-state index contributed by atoms with van der Waals surface area (Å²) in [7, 11) is 0. The van der Waals surface area contributed by atoms with Gasteiger partial charge in [-0.25, -0.2) is 0 Å². The fraction of sp³-hybridized carbons (Fsp3) is 0.923. The summed E-state index contributed by atoms with van der Waals surface area (Å²) in [5.74, 6) is 0.995. The zero-order chi connectivity index (χ0) is 12.3. The van der Waals surface area contributed by atoms with Crippen LogP contribution in [0.15, 0.2) is 0 Å². The summed E-state index contributed by atoms with van der Waals surface area (Å²) in [6.45, 7) is 12.2. The first-order chi connectivity index (χ1) is 7.38. The molecule has 0 bridgehead atoms. The number of likely N-dealkylation sites (tertiary alicyclic amines) is 1. The first-order valence-electron chi connectivity index (χ1n) is 6.44. The molecule has 1 N–H and O–H groups in total. The SMILES string of the molecule is CCNC(C)(C)C(=O)N1CCC(C)CC1C. The predicted molar refractivity (Wildman–Crippen MR) is 67.3 cm³/mol. The molecule has 0 saturated carbocycles. The lowest BCUT2D eigenvalue weighted by Gasteiger charge is -2.41. The first-order valence-corrected chi connectivity index (χ1v) is 6.44. The van der Waals surface area contributed by atoms with Gasteiger partial charge in [0.2, 0.25) is 5.91 Å². The maximum atomic E-state index is 12.4. The number of nitrogens with zero attached hydrogens (tertiary/aromatic N) is 1. The highest BCUT2D eigenvalue weighted by molar-refractivity contribution is 5.85. The van der Waals surface area contributed by atoms with Gasteiger partial charge in [-0.1, -0.05) is 13.8 Å². The minimum atomic E-state index is -0.427. The predicted octanol–water partition coefficient (Wildman–Crippen LogP) is 2.02. The summed E-state index contributed by atoms with van der Waals surface area (Å²) in [6, 6.07) is 0.384. The van der Waals surface area contributed by atoms with Crippen LogP contribution in [0.1, 0.15) is 47.5 Å². The summed E-state index contributed by atoms with van der Waals surface area (Å²) in [6.07, 6.45) is 2.27. The second-order valence-electron chi connectivity index (χ2n) is 5.63. The molecular weight excluding hydrogens is 200 g/mol. The van der Waals surface area contributed by atoms with Crippen LogP contribution < -0.4 is 5.32 Å². The van der Waals surface area contributed by atoms with E-state index in [1.54, 1.807) is 0 Å². The molecule has 1 fully saturated rings. The third kappa shape index (κ3) is 2.97. The quantitative estimate of drug-likeness (QED) is 0.798. The van der Waals surface area contributed by atoms with Gasteiger partial charge in [0.1, 0.15) is 0 Å². The Morgan fingerprint density at radius 1 is 1.44 bits per heavy atom. The average molecular weight is 226 g/mol. The van der Waals surface area contributed by atoms with Gasteiger partial charge in [0.15, 0.2) is 0 Å². The van der Waals surface area contributed by atoms with Gasteiger partial charge >= 0.3 is 0 Å². The van der Waals surface area contributed by atoms with Gasteiger partial charge < -0.3 is 10.2 Å². The molecular formula is C13H26N2O. The Morgan fingerprint density at radius 3 is 2.56 bits per heavy atom. The second kappa shape index (κ2) is 5.17. The minimum Gasteiger partial charge on any atom is -0.338 e. The lowest BCUT2D eigenvalue weighted by atomic mass is 9.91. The van der Waals surface area contributed by atoms with Crippen LogP contribution in [0.2, 0.25) is 0 Å². The van der Waals surface area contributed by atoms with Crippen LogP contribution in [0.3, 0.4) is 0 Å². The maximum absolute atomic E-state index is 12.4. The number of likely N-dealkylation sites (N-methyl/N-ethyl adjacent to an activating group) is 1. The molecule has 94 valence electrons. The molecule has 0 aromatic rings. The van der Waals surface area contributed by atoms with Crippen LogP contribution >= 0.6 is 0 Å². The smallest absolute Gasteiger partial charge is 0.242 e. The third-order valence-electron chi connectivity index (χ3n) is 3.55. The van der Waals surface area contributed by atoms with Gasteiger partial charge in [0.25, 0.3) is 0 Å². The van der Waals surface area contributed by atoms with Crippen molar-refractivity contribution in [2.45, 2.75) is 59.0 Å². The first kappa shape index (κ1) is 13.5. The summed E-state index contributed by atoms with van der Waals surface area (Å²) in [5.41, 5.74) is -0.427. The molecule has 0 aromatic heterocycles. The number of carbonyl (C=O) groups is 1. The van der Waals surface area contributed by atoms with Crippen molar-refractivity contribution in [1.29, 1.82) is 0 Å². The summed E-state index contributed by atoms with van der Waals surface area (Å²) < 4.78 is 0. The van der Waals surface area contributed by atoms with Gasteiger partial charge in [0.05, 0.1) is 5.54 Å². The molecule has 2 unspecified atom stereocenters. The molecule has 0 spiro atoms. The number of nitrogens with one attached hydrogen (secondary N) is 1. The maximum Gasteiger partial charge on any atom is 0.242 e. The summed E-state index contributed by atoms with van der Waals surface area (Å²) >= 11 is 0. The van der Waals surface area contributed by atoms with Gasteiger partial charge in [-0.3, -0.25) is 4.79 Å². The van der Waals surface area contributed by atoms with E-state index in [1.165, 1.54) is 0 Å². The van der Waals surface area contributed by atoms with Crippen molar-refractivity contribution >= 4 is 5.91 Å². The molecule has 3 heteroatoms. The van der Waals surface area contributed by atoms with Crippen LogP contribution in [0.4, 0.5) is 0 Å². The lowest BCUT2D eigenvalue weighted by molar-refractivity contribution is -0.141. The molecule has 2 atom stereocenters. The van der Waals surface area contributed by atoms with E-state index < -0.39 is 5.54 Å². The third-order valence-corrected chi connectivity index (χ3v) is 3.55. The van der Waals surface area contributed by atoms with Crippen LogP contribution in [-0.2, 0) is 4.79 Å². The zero-order valence-electron chi connectivity index (χ0n) is 11.3. The number of rotatable bonds is 3. The molecule has 1 heterocycles. The fourth-order valence-corrected chi connectivity index (χ4v) is 2.59. The van der Waals surface area contributed by atoms with Gasteiger partial charge in [-0.15, -0.1) is 0 Å². The van der Waals surface area contributed by atoms with E-state index >= 15 is 0 Å². The Morgan fingerprint density at radius 2 is 2.06 bits per heavy atom. The van der Waals surface area contributed by atoms with E-state index in [2.05, 4.69) is 19.2 Å². The van der Waals surface area contributed by atoms with E-state index in [0.29, 0.717) is 6.04 Å².